The molecular weight excluding hydrogens is 683 g/mol. The molecule has 0 radical (unpaired) electrons. The van der Waals surface area contributed by atoms with Gasteiger partial charge < -0.3 is 24.6 Å². The van der Waals surface area contributed by atoms with E-state index in [1.165, 1.54) is 0 Å². The molecule has 0 aromatic heterocycles. The van der Waals surface area contributed by atoms with Gasteiger partial charge in [-0.2, -0.15) is 0 Å². The van der Waals surface area contributed by atoms with Crippen molar-refractivity contribution in [1.29, 1.82) is 0 Å². The molecule has 0 aromatic rings. The predicted octanol–water partition coefficient (Wildman–Crippen LogP) is 8.82. The van der Waals surface area contributed by atoms with Crippen LogP contribution in [-0.2, 0) is 32.7 Å². The molecule has 0 spiro atoms. The van der Waals surface area contributed by atoms with Crippen LogP contribution in [-0.4, -0.2) is 65.7 Å². The fourth-order valence-electron chi connectivity index (χ4n) is 3.77. The largest absolute Gasteiger partial charge is 0.472 e. The zero-order valence-corrected chi connectivity index (χ0v) is 31.8. The lowest BCUT2D eigenvalue weighted by Gasteiger charge is -2.20. The number of carbonyl (C=O) groups excluding carboxylic acids is 2. The number of phosphoric ester groups is 1. The Morgan fingerprint density at radius 3 is 1.65 bits per heavy atom. The van der Waals surface area contributed by atoms with Crippen LogP contribution in [0.2, 0.25) is 0 Å². The Labute approximate surface area is 311 Å². The van der Waals surface area contributed by atoms with Gasteiger partial charge in [-0.1, -0.05) is 135 Å². The van der Waals surface area contributed by atoms with Crippen molar-refractivity contribution in [3.63, 3.8) is 0 Å². The maximum atomic E-state index is 12.5. The van der Waals surface area contributed by atoms with Crippen molar-refractivity contribution in [3.8, 4) is 0 Å². The van der Waals surface area contributed by atoms with E-state index in [9.17, 15) is 24.2 Å². The van der Waals surface area contributed by atoms with Gasteiger partial charge in [-0.3, -0.25) is 18.6 Å². The fraction of sp³-hybridized carbons (Fsp3) is 0.463. The summed E-state index contributed by atoms with van der Waals surface area (Å²) >= 11 is 0. The Kier molecular flexibility index (Phi) is 33.3. The van der Waals surface area contributed by atoms with Crippen molar-refractivity contribution in [2.24, 2.45) is 0 Å². The van der Waals surface area contributed by atoms with E-state index >= 15 is 0 Å². The van der Waals surface area contributed by atoms with E-state index in [1.54, 1.807) is 0 Å². The van der Waals surface area contributed by atoms with Crippen molar-refractivity contribution in [1.82, 2.24) is 0 Å². The van der Waals surface area contributed by atoms with Crippen LogP contribution in [0, 0.1) is 0 Å². The van der Waals surface area contributed by atoms with Gasteiger partial charge in [-0.15, -0.1) is 0 Å². The van der Waals surface area contributed by atoms with E-state index in [0.717, 1.165) is 38.5 Å². The minimum Gasteiger partial charge on any atom is -0.462 e. The molecule has 0 saturated heterocycles. The van der Waals surface area contributed by atoms with Crippen LogP contribution in [0.3, 0.4) is 0 Å². The second-order valence-corrected chi connectivity index (χ2v) is 12.7. The Hall–Kier alpha value is -3.63. The second kappa shape index (κ2) is 35.8. The van der Waals surface area contributed by atoms with E-state index in [2.05, 4.69) is 73.1 Å². The molecular formula is C41H61O10P. The number of rotatable bonds is 31. The number of phosphoric acid groups is 1. The number of hydrogen-bond donors (Lipinski definition) is 3. The molecule has 11 heteroatoms. The number of hydrogen-bond acceptors (Lipinski definition) is 9. The highest BCUT2D eigenvalue weighted by Crippen LogP contribution is 2.43. The number of aliphatic hydroxyl groups excluding tert-OH is 2. The molecule has 3 N–H and O–H groups in total. The van der Waals surface area contributed by atoms with Crippen LogP contribution in [0.4, 0.5) is 0 Å². The molecule has 0 saturated carbocycles. The van der Waals surface area contributed by atoms with Crippen LogP contribution in [0.1, 0.15) is 84.5 Å². The molecule has 0 heterocycles. The van der Waals surface area contributed by atoms with Gasteiger partial charge in [0.15, 0.2) is 6.10 Å². The van der Waals surface area contributed by atoms with E-state index in [0.29, 0.717) is 19.3 Å². The highest BCUT2D eigenvalue weighted by molar-refractivity contribution is 7.47. The third-order valence-corrected chi connectivity index (χ3v) is 7.45. The third kappa shape index (κ3) is 34.8. The molecule has 0 amide bonds. The lowest BCUT2D eigenvalue weighted by atomic mass is 10.2. The smallest absolute Gasteiger partial charge is 0.462 e. The van der Waals surface area contributed by atoms with Crippen LogP contribution >= 0.6 is 7.82 Å². The van der Waals surface area contributed by atoms with Crippen molar-refractivity contribution >= 4 is 19.8 Å². The molecule has 52 heavy (non-hydrogen) atoms. The Morgan fingerprint density at radius 2 is 1.10 bits per heavy atom. The maximum Gasteiger partial charge on any atom is 0.472 e. The average Bonchev–Trinajstić information content (AvgIpc) is 3.13. The Morgan fingerprint density at radius 1 is 0.596 bits per heavy atom. The molecule has 0 fully saturated rings. The summed E-state index contributed by atoms with van der Waals surface area (Å²) in [6, 6.07) is 0. The van der Waals surface area contributed by atoms with E-state index < -0.39 is 58.4 Å². The minimum absolute atomic E-state index is 0.0640. The van der Waals surface area contributed by atoms with Crippen molar-refractivity contribution in [2.75, 3.05) is 26.4 Å². The van der Waals surface area contributed by atoms with Gasteiger partial charge in [0.05, 0.1) is 19.8 Å². The van der Waals surface area contributed by atoms with E-state index in [1.807, 2.05) is 66.8 Å². The highest BCUT2D eigenvalue weighted by Gasteiger charge is 2.27. The summed E-state index contributed by atoms with van der Waals surface area (Å²) in [5, 5.41) is 18.2. The first-order valence-electron chi connectivity index (χ1n) is 18.1. The second-order valence-electron chi connectivity index (χ2n) is 11.2. The summed E-state index contributed by atoms with van der Waals surface area (Å²) in [7, 11) is -4.66. The lowest BCUT2D eigenvalue weighted by molar-refractivity contribution is -0.161. The zero-order valence-electron chi connectivity index (χ0n) is 31.0. The van der Waals surface area contributed by atoms with Gasteiger partial charge in [-0.05, 0) is 57.8 Å². The number of ether oxygens (including phenoxy) is 2. The van der Waals surface area contributed by atoms with Gasteiger partial charge in [-0.25, -0.2) is 4.57 Å². The van der Waals surface area contributed by atoms with E-state index in [-0.39, 0.29) is 12.8 Å². The number of carbonyl (C=O) groups is 2. The number of esters is 2. The normalized spacial score (nSPS) is 15.4. The molecule has 10 nitrogen and oxygen atoms in total. The average molecular weight is 745 g/mol. The summed E-state index contributed by atoms with van der Waals surface area (Å²) in [4.78, 5) is 34.7. The van der Waals surface area contributed by atoms with Gasteiger partial charge in [0, 0.05) is 12.8 Å². The summed E-state index contributed by atoms with van der Waals surface area (Å²) in [6.45, 7) is 1.89. The third-order valence-electron chi connectivity index (χ3n) is 6.50. The minimum atomic E-state index is -4.66. The van der Waals surface area contributed by atoms with Crippen LogP contribution in [0.15, 0.2) is 122 Å². The molecule has 0 aliphatic rings. The first-order valence-corrected chi connectivity index (χ1v) is 19.6. The van der Waals surface area contributed by atoms with Crippen molar-refractivity contribution < 1.29 is 47.8 Å². The van der Waals surface area contributed by atoms with Gasteiger partial charge in [0.1, 0.15) is 12.7 Å². The Bertz CT molecular complexity index is 1270. The van der Waals surface area contributed by atoms with Gasteiger partial charge >= 0.3 is 19.8 Å². The molecule has 0 aliphatic heterocycles. The van der Waals surface area contributed by atoms with Gasteiger partial charge in [0.25, 0.3) is 0 Å². The summed E-state index contributed by atoms with van der Waals surface area (Å²) in [5.74, 6) is -1.13. The topological polar surface area (TPSA) is 149 Å². The molecule has 3 atom stereocenters. The first-order chi connectivity index (χ1) is 25.2. The van der Waals surface area contributed by atoms with Crippen LogP contribution < -0.4 is 0 Å². The quantitative estimate of drug-likeness (QED) is 0.0207. The Balaban J connectivity index is 4.67. The monoisotopic (exact) mass is 744 g/mol. The summed E-state index contributed by atoms with van der Waals surface area (Å²) in [6.07, 6.45) is 44.9. The molecule has 0 rings (SSSR count). The van der Waals surface area contributed by atoms with Crippen molar-refractivity contribution in [2.45, 2.75) is 96.7 Å². The maximum absolute atomic E-state index is 12.5. The predicted molar refractivity (Wildman–Crippen MR) is 209 cm³/mol. The first kappa shape index (κ1) is 48.4. The number of allylic oxidation sites excluding steroid dienone is 20. The standard InChI is InChI=1S/C41H61O10P/c1-3-5-7-9-11-13-15-17-18-19-21-22-24-26-28-30-32-40(44)48-36-39(37-50-52(46,47)49-35-38(43)34-42)51-41(45)33-31-29-27-25-23-20-16-14-12-10-8-6-4-2/h5-8,10-14,16-18,20-23,25-28,38-39,42-43H,3-4,9,15,19,24,29-37H2,1-2H3,(H,46,47)/b7-5+,8-6+,12-10+,13-11+,16-14+,18-17+,22-21+,23-20+,27-25+,28-26+/t38-,39?/m0/s1. The zero-order chi connectivity index (χ0) is 38.4. The number of aliphatic hydroxyl groups is 2. The molecule has 0 aliphatic carbocycles. The lowest BCUT2D eigenvalue weighted by Crippen LogP contribution is -2.29. The molecule has 2 unspecified atom stereocenters. The molecule has 0 aromatic carbocycles. The molecule has 0 bridgehead atoms. The molecule has 290 valence electrons. The highest BCUT2D eigenvalue weighted by atomic mass is 31.2. The van der Waals surface area contributed by atoms with Crippen molar-refractivity contribution in [3.05, 3.63) is 122 Å². The van der Waals surface area contributed by atoms with Crippen LogP contribution in [0.5, 0.6) is 0 Å². The summed E-state index contributed by atoms with van der Waals surface area (Å²) in [5.41, 5.74) is 0. The fourth-order valence-corrected chi connectivity index (χ4v) is 4.56. The SMILES string of the molecule is CC/C=C/C=C/C=C/C=C/C=C/CCCC(=O)OC(COC(=O)CC/C=C/C/C=C/C/C=C/C/C=C/C/C=C/CC)COP(=O)(O)OC[C@@H](O)CO. The van der Waals surface area contributed by atoms with Gasteiger partial charge in [0.2, 0.25) is 0 Å². The summed E-state index contributed by atoms with van der Waals surface area (Å²) < 4.78 is 32.4. The van der Waals surface area contributed by atoms with E-state index in [4.69, 9.17) is 19.1 Å². The van der Waals surface area contributed by atoms with Crippen LogP contribution in [0.25, 0.3) is 0 Å². The number of unbranched alkanes of at least 4 members (excludes halogenated alkanes) is 1.